The summed E-state index contributed by atoms with van der Waals surface area (Å²) in [6.45, 7) is 3.16. The van der Waals surface area contributed by atoms with Gasteiger partial charge in [0.1, 0.15) is 11.5 Å². The lowest BCUT2D eigenvalue weighted by Crippen LogP contribution is -1.91. The molecule has 180 valence electrons. The van der Waals surface area contributed by atoms with Crippen LogP contribution in [0.4, 0.5) is 0 Å². The molecule has 0 spiro atoms. The summed E-state index contributed by atoms with van der Waals surface area (Å²) in [4.78, 5) is 22.6. The first kappa shape index (κ1) is 24.7. The van der Waals surface area contributed by atoms with Crippen LogP contribution in [-0.4, -0.2) is 25.8 Å². The van der Waals surface area contributed by atoms with Crippen LogP contribution in [0.1, 0.15) is 34.6 Å². The minimum Gasteiger partial charge on any atom is -0.497 e. The molecule has 0 saturated carbocycles. The molecule has 4 heteroatoms. The second-order valence-electron chi connectivity index (χ2n) is 8.55. The summed E-state index contributed by atoms with van der Waals surface area (Å²) in [5.74, 6) is 1.87. The second kappa shape index (κ2) is 10.9. The highest BCUT2D eigenvalue weighted by Gasteiger charge is 2.04. The van der Waals surface area contributed by atoms with Gasteiger partial charge in [-0.3, -0.25) is 9.59 Å². The van der Waals surface area contributed by atoms with Gasteiger partial charge in [0.05, 0.1) is 14.2 Å². The van der Waals surface area contributed by atoms with Gasteiger partial charge in [0.25, 0.3) is 0 Å². The van der Waals surface area contributed by atoms with Crippen LogP contribution in [0, 0.1) is 0 Å². The molecule has 0 bridgehead atoms. The Morgan fingerprint density at radius 3 is 1.42 bits per heavy atom. The monoisotopic (exact) mass is 476 g/mol. The van der Waals surface area contributed by atoms with Crippen molar-refractivity contribution in [3.8, 4) is 22.6 Å². The number of rotatable bonds is 5. The third kappa shape index (κ3) is 5.61. The molecule has 5 rings (SSSR count). The average Bonchev–Trinajstić information content (AvgIpc) is 2.92. The Balaban J connectivity index is 0.000000179. The Kier molecular flexibility index (Phi) is 7.45. The molecular formula is C32H28O4. The maximum Gasteiger partial charge on any atom is 0.159 e. The van der Waals surface area contributed by atoms with Gasteiger partial charge in [-0.05, 0) is 89.0 Å². The fraction of sp³-hybridized carbons (Fsp3) is 0.125. The van der Waals surface area contributed by atoms with Crippen molar-refractivity contribution in [2.75, 3.05) is 14.2 Å². The van der Waals surface area contributed by atoms with E-state index in [-0.39, 0.29) is 11.6 Å². The number of ether oxygens (including phenoxy) is 2. The highest BCUT2D eigenvalue weighted by Crippen LogP contribution is 2.27. The zero-order valence-electron chi connectivity index (χ0n) is 20.9. The highest BCUT2D eigenvalue weighted by molar-refractivity contribution is 5.99. The van der Waals surface area contributed by atoms with Crippen LogP contribution in [0.15, 0.2) is 97.1 Å². The number of hydrogen-bond acceptors (Lipinski definition) is 4. The van der Waals surface area contributed by atoms with Gasteiger partial charge >= 0.3 is 0 Å². The van der Waals surface area contributed by atoms with Crippen molar-refractivity contribution < 1.29 is 19.1 Å². The van der Waals surface area contributed by atoms with Crippen molar-refractivity contribution in [2.45, 2.75) is 13.8 Å². The average molecular weight is 477 g/mol. The summed E-state index contributed by atoms with van der Waals surface area (Å²) in [7, 11) is 3.31. The molecule has 4 nitrogen and oxygen atoms in total. The van der Waals surface area contributed by atoms with Gasteiger partial charge in [-0.15, -0.1) is 0 Å². The van der Waals surface area contributed by atoms with E-state index in [1.54, 1.807) is 28.1 Å². The lowest BCUT2D eigenvalue weighted by Gasteiger charge is -2.06. The van der Waals surface area contributed by atoms with E-state index in [2.05, 4.69) is 18.2 Å². The molecule has 0 unspecified atom stereocenters. The topological polar surface area (TPSA) is 52.6 Å². The summed E-state index contributed by atoms with van der Waals surface area (Å²) < 4.78 is 10.3. The first-order valence-electron chi connectivity index (χ1n) is 11.7. The summed E-state index contributed by atoms with van der Waals surface area (Å²) in [5, 5.41) is 4.36. The number of ketones is 2. The molecule has 0 aliphatic carbocycles. The van der Waals surface area contributed by atoms with Gasteiger partial charge in [0.2, 0.25) is 0 Å². The molecule has 0 N–H and O–H groups in total. The number of methoxy groups -OCH3 is 2. The standard InChI is InChI=1S/C19H16O2.C13H12O2/c1-13(20)15-3-4-18-12-16(5-6-17(18)11-15)14-7-9-19(21-2)10-8-14;1-9(14)10-3-4-12-8-13(15-2)6-5-11(12)7-10/h3-12H,1-2H3;3-8H,1-2H3. The Labute approximate surface area is 211 Å². The first-order chi connectivity index (χ1) is 17.4. The van der Waals surface area contributed by atoms with Crippen molar-refractivity contribution in [3.05, 3.63) is 108 Å². The molecule has 5 aromatic carbocycles. The molecule has 0 amide bonds. The van der Waals surface area contributed by atoms with E-state index in [4.69, 9.17) is 9.47 Å². The zero-order chi connectivity index (χ0) is 25.7. The fourth-order valence-corrected chi connectivity index (χ4v) is 4.00. The van der Waals surface area contributed by atoms with Gasteiger partial charge in [0, 0.05) is 11.1 Å². The number of carbonyl (C=O) groups is 2. The van der Waals surface area contributed by atoms with E-state index in [1.165, 1.54) is 0 Å². The minimum absolute atomic E-state index is 0.0905. The van der Waals surface area contributed by atoms with E-state index in [0.29, 0.717) is 0 Å². The first-order valence-corrected chi connectivity index (χ1v) is 11.7. The predicted molar refractivity (Wildman–Crippen MR) is 146 cm³/mol. The number of carbonyl (C=O) groups excluding carboxylic acids is 2. The predicted octanol–water partition coefficient (Wildman–Crippen LogP) is 7.77. The smallest absolute Gasteiger partial charge is 0.159 e. The van der Waals surface area contributed by atoms with Crippen LogP contribution in [0.25, 0.3) is 32.7 Å². The molecule has 5 aromatic rings. The molecule has 0 atom stereocenters. The maximum atomic E-state index is 11.4. The maximum absolute atomic E-state index is 11.4. The summed E-state index contributed by atoms with van der Waals surface area (Å²) in [5.41, 5.74) is 3.79. The van der Waals surface area contributed by atoms with Crippen molar-refractivity contribution >= 4 is 33.1 Å². The van der Waals surface area contributed by atoms with Crippen LogP contribution in [0.2, 0.25) is 0 Å². The van der Waals surface area contributed by atoms with Gasteiger partial charge in [-0.25, -0.2) is 0 Å². The SMILES string of the molecule is COc1ccc(-c2ccc3cc(C(C)=O)ccc3c2)cc1.COc1ccc2cc(C(C)=O)ccc2c1. The van der Waals surface area contributed by atoms with Gasteiger partial charge in [-0.1, -0.05) is 54.6 Å². The van der Waals surface area contributed by atoms with Crippen molar-refractivity contribution in [1.82, 2.24) is 0 Å². The lowest BCUT2D eigenvalue weighted by atomic mass is 9.99. The van der Waals surface area contributed by atoms with Gasteiger partial charge in [-0.2, -0.15) is 0 Å². The number of Topliss-reactive ketones (excluding diaryl/α,β-unsaturated/α-hetero) is 2. The summed E-state index contributed by atoms with van der Waals surface area (Å²) in [6.07, 6.45) is 0. The lowest BCUT2D eigenvalue weighted by molar-refractivity contribution is 0.100. The normalized spacial score (nSPS) is 10.4. The fourth-order valence-electron chi connectivity index (χ4n) is 4.00. The van der Waals surface area contributed by atoms with Crippen LogP contribution < -0.4 is 9.47 Å². The minimum atomic E-state index is 0.0905. The van der Waals surface area contributed by atoms with Crippen LogP contribution >= 0.6 is 0 Å². The molecule has 0 heterocycles. The van der Waals surface area contributed by atoms with E-state index in [9.17, 15) is 9.59 Å². The van der Waals surface area contributed by atoms with Crippen LogP contribution in [0.3, 0.4) is 0 Å². The van der Waals surface area contributed by atoms with Crippen molar-refractivity contribution in [3.63, 3.8) is 0 Å². The number of fused-ring (bicyclic) bond motifs is 2. The van der Waals surface area contributed by atoms with Crippen molar-refractivity contribution in [2.24, 2.45) is 0 Å². The molecule has 0 fully saturated rings. The molecular weight excluding hydrogens is 448 g/mol. The zero-order valence-corrected chi connectivity index (χ0v) is 20.9. The third-order valence-electron chi connectivity index (χ3n) is 6.12. The van der Waals surface area contributed by atoms with Gasteiger partial charge in [0.15, 0.2) is 11.6 Å². The second-order valence-corrected chi connectivity index (χ2v) is 8.55. The molecule has 36 heavy (non-hydrogen) atoms. The molecule has 0 saturated heterocycles. The number of hydrogen-bond donors (Lipinski definition) is 0. The Bertz CT molecular complexity index is 1550. The Morgan fingerprint density at radius 2 is 0.889 bits per heavy atom. The largest absolute Gasteiger partial charge is 0.497 e. The number of benzene rings is 5. The highest BCUT2D eigenvalue weighted by atomic mass is 16.5. The molecule has 0 aliphatic rings. The quantitative estimate of drug-likeness (QED) is 0.243. The summed E-state index contributed by atoms with van der Waals surface area (Å²) >= 11 is 0. The molecule has 0 radical (unpaired) electrons. The summed E-state index contributed by atoms with van der Waals surface area (Å²) in [6, 6.07) is 31.6. The van der Waals surface area contributed by atoms with E-state index >= 15 is 0 Å². The Hall–Kier alpha value is -4.44. The molecule has 0 aliphatic heterocycles. The third-order valence-corrected chi connectivity index (χ3v) is 6.12. The van der Waals surface area contributed by atoms with Crippen LogP contribution in [-0.2, 0) is 0 Å². The van der Waals surface area contributed by atoms with Crippen molar-refractivity contribution in [1.29, 1.82) is 0 Å². The Morgan fingerprint density at radius 1 is 0.472 bits per heavy atom. The van der Waals surface area contributed by atoms with E-state index < -0.39 is 0 Å². The van der Waals surface area contributed by atoms with E-state index in [0.717, 1.165) is 55.3 Å². The molecule has 0 aromatic heterocycles. The van der Waals surface area contributed by atoms with Crippen LogP contribution in [0.5, 0.6) is 11.5 Å². The van der Waals surface area contributed by atoms with Gasteiger partial charge < -0.3 is 9.47 Å². The van der Waals surface area contributed by atoms with E-state index in [1.807, 2.05) is 78.9 Å².